The second-order valence-electron chi connectivity index (χ2n) is 4.04. The molecule has 0 aliphatic heterocycles. The first-order valence-corrected chi connectivity index (χ1v) is 6.81. The van der Waals surface area contributed by atoms with Crippen molar-refractivity contribution in [2.75, 3.05) is 39.3 Å². The Kier molecular flexibility index (Phi) is 22.3. The van der Waals surface area contributed by atoms with Crippen LogP contribution in [0.2, 0.25) is 0 Å². The fraction of sp³-hybridized carbons (Fsp3) is 0.923. The quantitative estimate of drug-likeness (QED) is 0.162. The summed E-state index contributed by atoms with van der Waals surface area (Å²) in [6, 6.07) is 0. The van der Waals surface area contributed by atoms with Crippen LogP contribution < -0.4 is 24.8 Å². The van der Waals surface area contributed by atoms with Crippen molar-refractivity contribution >= 4 is 5.96 Å². The maximum Gasteiger partial charge on any atom is 1.00 e. The molecule has 0 heterocycles. The SMILES string of the molecule is CCN=C(N(CC)CC)[N+](CC)(CC)CC.[Au+].[Cl-].[Cl-]. The molecule has 0 saturated heterocycles. The van der Waals surface area contributed by atoms with Gasteiger partial charge in [0.1, 0.15) is 0 Å². The van der Waals surface area contributed by atoms with E-state index in [4.69, 9.17) is 4.99 Å². The molecular formula is C13H30AuCl2N3. The zero-order valence-electron chi connectivity index (χ0n) is 13.1. The van der Waals surface area contributed by atoms with Gasteiger partial charge in [-0.25, -0.2) is 4.99 Å². The Hall–Kier alpha value is 0.750. The maximum absolute atomic E-state index is 4.77. The molecule has 0 spiro atoms. The fourth-order valence-electron chi connectivity index (χ4n) is 2.29. The van der Waals surface area contributed by atoms with Crippen molar-refractivity contribution in [1.29, 1.82) is 0 Å². The monoisotopic (exact) mass is 495 g/mol. The molecule has 0 aromatic carbocycles. The van der Waals surface area contributed by atoms with Crippen LogP contribution in [0.3, 0.4) is 0 Å². The summed E-state index contributed by atoms with van der Waals surface area (Å²) in [5.41, 5.74) is 0. The van der Waals surface area contributed by atoms with Crippen LogP contribution in [0.1, 0.15) is 41.5 Å². The second kappa shape index (κ2) is 15.1. The summed E-state index contributed by atoms with van der Waals surface area (Å²) in [6.45, 7) is 19.7. The Morgan fingerprint density at radius 2 is 1.21 bits per heavy atom. The minimum absolute atomic E-state index is 0. The molecule has 0 atom stereocenters. The van der Waals surface area contributed by atoms with Crippen LogP contribution >= 0.6 is 0 Å². The minimum Gasteiger partial charge on any atom is -1.00 e. The van der Waals surface area contributed by atoms with E-state index in [2.05, 4.69) is 46.4 Å². The van der Waals surface area contributed by atoms with Gasteiger partial charge >= 0.3 is 22.4 Å². The molecule has 0 aromatic rings. The van der Waals surface area contributed by atoms with Crippen molar-refractivity contribution in [3.63, 3.8) is 0 Å². The Morgan fingerprint density at radius 3 is 1.42 bits per heavy atom. The van der Waals surface area contributed by atoms with E-state index in [0.29, 0.717) is 0 Å². The van der Waals surface area contributed by atoms with Crippen LogP contribution in [0.4, 0.5) is 0 Å². The number of hydrogen-bond acceptors (Lipinski definition) is 1. The summed E-state index contributed by atoms with van der Waals surface area (Å²) in [4.78, 5) is 7.17. The van der Waals surface area contributed by atoms with Gasteiger partial charge in [-0.15, -0.1) is 0 Å². The van der Waals surface area contributed by atoms with E-state index >= 15 is 0 Å². The first-order chi connectivity index (χ1) is 7.65. The van der Waals surface area contributed by atoms with Crippen LogP contribution in [-0.2, 0) is 22.4 Å². The third kappa shape index (κ3) is 7.35. The molecule has 0 unspecified atom stereocenters. The van der Waals surface area contributed by atoms with Crippen molar-refractivity contribution in [1.82, 2.24) is 4.90 Å². The summed E-state index contributed by atoms with van der Waals surface area (Å²) < 4.78 is 1.01. The zero-order chi connectivity index (χ0) is 12.6. The number of quaternary nitrogens is 1. The van der Waals surface area contributed by atoms with Gasteiger partial charge in [0, 0.05) is 19.6 Å². The Morgan fingerprint density at radius 1 is 0.842 bits per heavy atom. The Balaban J connectivity index is -0.000000375. The van der Waals surface area contributed by atoms with Crippen LogP contribution in [0.25, 0.3) is 0 Å². The van der Waals surface area contributed by atoms with E-state index in [1.807, 2.05) is 0 Å². The van der Waals surface area contributed by atoms with Gasteiger partial charge in [0.05, 0.1) is 19.6 Å². The second-order valence-corrected chi connectivity index (χ2v) is 4.04. The van der Waals surface area contributed by atoms with Crippen molar-refractivity contribution in [2.24, 2.45) is 4.99 Å². The molecule has 0 rings (SSSR count). The molecule has 0 aliphatic rings. The average molecular weight is 496 g/mol. The largest absolute Gasteiger partial charge is 1.00 e. The summed E-state index contributed by atoms with van der Waals surface area (Å²) in [7, 11) is 0. The minimum atomic E-state index is 0. The fourth-order valence-corrected chi connectivity index (χ4v) is 2.29. The van der Waals surface area contributed by atoms with Crippen molar-refractivity contribution in [2.45, 2.75) is 41.5 Å². The molecule has 6 heteroatoms. The number of aliphatic imine (C=N–C) groups is 1. The summed E-state index contributed by atoms with van der Waals surface area (Å²) in [5.74, 6) is 1.28. The number of hydrogen-bond donors (Lipinski definition) is 0. The zero-order valence-corrected chi connectivity index (χ0v) is 16.8. The van der Waals surface area contributed by atoms with E-state index in [1.165, 1.54) is 5.96 Å². The first kappa shape index (κ1) is 28.0. The molecular weight excluding hydrogens is 466 g/mol. The average Bonchev–Trinajstić information content (AvgIpc) is 2.33. The smallest absolute Gasteiger partial charge is 1.00 e. The third-order valence-electron chi connectivity index (χ3n) is 3.59. The van der Waals surface area contributed by atoms with E-state index in [1.54, 1.807) is 0 Å². The third-order valence-corrected chi connectivity index (χ3v) is 3.59. The van der Waals surface area contributed by atoms with E-state index < -0.39 is 0 Å². The Labute approximate surface area is 148 Å². The van der Waals surface area contributed by atoms with Crippen LogP contribution in [0.5, 0.6) is 0 Å². The number of halogens is 2. The molecule has 122 valence electrons. The van der Waals surface area contributed by atoms with Gasteiger partial charge in [-0.3, -0.25) is 4.48 Å². The van der Waals surface area contributed by atoms with Crippen LogP contribution in [0.15, 0.2) is 4.99 Å². The summed E-state index contributed by atoms with van der Waals surface area (Å²) in [5, 5.41) is 0. The van der Waals surface area contributed by atoms with E-state index in [0.717, 1.165) is 43.8 Å². The standard InChI is InChI=1S/C13H30N3.Au.2ClH/c1-7-14-13(15(8-2)9-3)16(10-4,11-5)12-6;;;/h7-12H2,1-6H3;;2*1H/q2*+1;;/p-2. The predicted molar refractivity (Wildman–Crippen MR) is 72.8 cm³/mol. The maximum atomic E-state index is 4.77. The molecule has 0 aromatic heterocycles. The van der Waals surface area contributed by atoms with Gasteiger partial charge in [0.2, 0.25) is 0 Å². The van der Waals surface area contributed by atoms with Crippen molar-refractivity contribution in [3.05, 3.63) is 0 Å². The molecule has 0 N–H and O–H groups in total. The number of nitrogens with zero attached hydrogens (tertiary/aromatic N) is 3. The molecule has 0 aliphatic carbocycles. The van der Waals surface area contributed by atoms with Gasteiger partial charge in [-0.2, -0.15) is 0 Å². The molecule has 0 saturated carbocycles. The molecule has 0 radical (unpaired) electrons. The van der Waals surface area contributed by atoms with E-state index in [-0.39, 0.29) is 47.2 Å². The molecule has 0 fully saturated rings. The van der Waals surface area contributed by atoms with E-state index in [9.17, 15) is 0 Å². The number of rotatable bonds is 6. The molecule has 0 amide bonds. The Bertz CT molecular complexity index is 210. The molecule has 19 heavy (non-hydrogen) atoms. The topological polar surface area (TPSA) is 15.6 Å². The van der Waals surface area contributed by atoms with Gasteiger partial charge in [-0.1, -0.05) is 0 Å². The van der Waals surface area contributed by atoms with Gasteiger partial charge in [-0.05, 0) is 41.5 Å². The van der Waals surface area contributed by atoms with Gasteiger partial charge < -0.3 is 29.7 Å². The van der Waals surface area contributed by atoms with Crippen molar-refractivity contribution < 1.29 is 51.7 Å². The molecule has 3 nitrogen and oxygen atoms in total. The first-order valence-electron chi connectivity index (χ1n) is 6.81. The summed E-state index contributed by atoms with van der Waals surface area (Å²) >= 11 is 0. The normalized spacial score (nSPS) is 10.9. The van der Waals surface area contributed by atoms with Crippen LogP contribution in [-0.4, -0.2) is 54.6 Å². The summed E-state index contributed by atoms with van der Waals surface area (Å²) in [6.07, 6.45) is 0. The van der Waals surface area contributed by atoms with Gasteiger partial charge in [0.25, 0.3) is 5.96 Å². The number of guanidine groups is 1. The van der Waals surface area contributed by atoms with Crippen LogP contribution in [0, 0.1) is 0 Å². The van der Waals surface area contributed by atoms with Gasteiger partial charge in [0.15, 0.2) is 0 Å². The predicted octanol–water partition coefficient (Wildman–Crippen LogP) is -3.41. The molecule has 0 bridgehead atoms. The van der Waals surface area contributed by atoms with Crippen molar-refractivity contribution in [3.8, 4) is 0 Å².